The van der Waals surface area contributed by atoms with Crippen LogP contribution in [0.4, 0.5) is 4.39 Å². The van der Waals surface area contributed by atoms with Crippen LogP contribution in [0.1, 0.15) is 11.3 Å². The maximum Gasteiger partial charge on any atom is 0.123 e. The molecule has 2 N–H and O–H groups in total. The molecular formula is C16H12FN5. The van der Waals surface area contributed by atoms with Gasteiger partial charge >= 0.3 is 0 Å². The SMILES string of the molecule is Fc1ccc(Cc2n[nH]nc2-c2ccc3[nH]ncc3c2)cc1. The molecule has 2 aromatic heterocycles. The second kappa shape index (κ2) is 5.07. The zero-order chi connectivity index (χ0) is 14.9. The number of fused-ring (bicyclic) bond motifs is 1. The van der Waals surface area contributed by atoms with Crippen LogP contribution in [-0.4, -0.2) is 25.6 Å². The largest absolute Gasteiger partial charge is 0.278 e. The fraction of sp³-hybridized carbons (Fsp3) is 0.0625. The molecular weight excluding hydrogens is 281 g/mol. The smallest absolute Gasteiger partial charge is 0.123 e. The van der Waals surface area contributed by atoms with Crippen molar-refractivity contribution < 1.29 is 4.39 Å². The Balaban J connectivity index is 1.71. The number of hydrogen-bond acceptors (Lipinski definition) is 3. The number of nitrogens with one attached hydrogen (secondary N) is 2. The third kappa shape index (κ3) is 2.24. The van der Waals surface area contributed by atoms with Gasteiger partial charge in [0.2, 0.25) is 0 Å². The van der Waals surface area contributed by atoms with Crippen molar-refractivity contribution in [3.63, 3.8) is 0 Å². The Labute approximate surface area is 125 Å². The first kappa shape index (κ1) is 12.7. The highest BCUT2D eigenvalue weighted by Gasteiger charge is 2.12. The lowest BCUT2D eigenvalue weighted by Gasteiger charge is -2.02. The molecule has 0 fully saturated rings. The van der Waals surface area contributed by atoms with Gasteiger partial charge in [-0.05, 0) is 29.8 Å². The van der Waals surface area contributed by atoms with Crippen molar-refractivity contribution in [2.75, 3.05) is 0 Å². The van der Waals surface area contributed by atoms with Crippen molar-refractivity contribution in [3.05, 3.63) is 65.7 Å². The van der Waals surface area contributed by atoms with Gasteiger partial charge in [-0.3, -0.25) is 5.10 Å². The highest BCUT2D eigenvalue weighted by molar-refractivity contribution is 5.83. The average molecular weight is 293 g/mol. The maximum atomic E-state index is 13.0. The fourth-order valence-corrected chi connectivity index (χ4v) is 2.49. The first-order valence-electron chi connectivity index (χ1n) is 6.87. The van der Waals surface area contributed by atoms with Gasteiger partial charge in [-0.1, -0.05) is 18.2 Å². The number of aromatic nitrogens is 5. The first-order valence-corrected chi connectivity index (χ1v) is 6.87. The zero-order valence-corrected chi connectivity index (χ0v) is 11.5. The van der Waals surface area contributed by atoms with E-state index in [4.69, 9.17) is 0 Å². The summed E-state index contributed by atoms with van der Waals surface area (Å²) in [7, 11) is 0. The van der Waals surface area contributed by atoms with Gasteiger partial charge in [0, 0.05) is 17.4 Å². The Hall–Kier alpha value is -3.02. The summed E-state index contributed by atoms with van der Waals surface area (Å²) in [6.45, 7) is 0. The highest BCUT2D eigenvalue weighted by atomic mass is 19.1. The normalized spacial score (nSPS) is 11.1. The molecule has 5 nitrogen and oxygen atoms in total. The third-order valence-corrected chi connectivity index (χ3v) is 3.62. The zero-order valence-electron chi connectivity index (χ0n) is 11.5. The molecule has 0 unspecified atom stereocenters. The number of H-pyrrole nitrogens is 2. The van der Waals surface area contributed by atoms with Crippen molar-refractivity contribution in [2.45, 2.75) is 6.42 Å². The summed E-state index contributed by atoms with van der Waals surface area (Å²) >= 11 is 0. The summed E-state index contributed by atoms with van der Waals surface area (Å²) in [6.07, 6.45) is 2.37. The highest BCUT2D eigenvalue weighted by Crippen LogP contribution is 2.25. The van der Waals surface area contributed by atoms with E-state index in [1.165, 1.54) is 12.1 Å². The predicted molar refractivity (Wildman–Crippen MR) is 80.7 cm³/mol. The van der Waals surface area contributed by atoms with Crippen LogP contribution in [-0.2, 0) is 6.42 Å². The molecule has 2 heterocycles. The summed E-state index contributed by atoms with van der Waals surface area (Å²) in [6, 6.07) is 12.4. The Morgan fingerprint density at radius 3 is 2.73 bits per heavy atom. The van der Waals surface area contributed by atoms with Crippen LogP contribution in [0.15, 0.2) is 48.7 Å². The molecule has 2 aromatic carbocycles. The van der Waals surface area contributed by atoms with E-state index in [1.54, 1.807) is 18.3 Å². The van der Waals surface area contributed by atoms with Crippen LogP contribution in [0.5, 0.6) is 0 Å². The van der Waals surface area contributed by atoms with Crippen LogP contribution in [0, 0.1) is 5.82 Å². The molecule has 0 saturated heterocycles. The number of benzene rings is 2. The van der Waals surface area contributed by atoms with Crippen molar-refractivity contribution in [3.8, 4) is 11.3 Å². The molecule has 0 aliphatic heterocycles. The number of aromatic amines is 2. The summed E-state index contributed by atoms with van der Waals surface area (Å²) in [5, 5.41) is 19.1. The molecule has 108 valence electrons. The summed E-state index contributed by atoms with van der Waals surface area (Å²) in [4.78, 5) is 0. The van der Waals surface area contributed by atoms with E-state index in [-0.39, 0.29) is 5.82 Å². The minimum absolute atomic E-state index is 0.241. The standard InChI is InChI=1S/C16H12FN5/c17-13-4-1-10(2-5-13)7-15-16(21-22-20-15)11-3-6-14-12(8-11)9-18-19-14/h1-6,8-9H,7H2,(H,18,19)(H,20,21,22). The van der Waals surface area contributed by atoms with E-state index < -0.39 is 0 Å². The molecule has 0 atom stereocenters. The van der Waals surface area contributed by atoms with Gasteiger partial charge in [0.25, 0.3) is 0 Å². The third-order valence-electron chi connectivity index (χ3n) is 3.62. The fourth-order valence-electron chi connectivity index (χ4n) is 2.49. The van der Waals surface area contributed by atoms with E-state index in [2.05, 4.69) is 25.6 Å². The lowest BCUT2D eigenvalue weighted by atomic mass is 10.0. The monoisotopic (exact) mass is 293 g/mol. The molecule has 0 aliphatic carbocycles. The Bertz CT molecular complexity index is 923. The van der Waals surface area contributed by atoms with E-state index in [9.17, 15) is 4.39 Å². The molecule has 0 aliphatic rings. The van der Waals surface area contributed by atoms with Crippen LogP contribution < -0.4 is 0 Å². The van der Waals surface area contributed by atoms with E-state index in [1.807, 2.05) is 18.2 Å². The van der Waals surface area contributed by atoms with Gasteiger partial charge < -0.3 is 0 Å². The van der Waals surface area contributed by atoms with E-state index >= 15 is 0 Å². The summed E-state index contributed by atoms with van der Waals surface area (Å²) < 4.78 is 13.0. The Morgan fingerprint density at radius 1 is 1.00 bits per heavy atom. The molecule has 22 heavy (non-hydrogen) atoms. The second-order valence-electron chi connectivity index (χ2n) is 5.09. The first-order chi connectivity index (χ1) is 10.8. The van der Waals surface area contributed by atoms with Crippen LogP contribution in [0.25, 0.3) is 22.2 Å². The van der Waals surface area contributed by atoms with Crippen LogP contribution in [0.3, 0.4) is 0 Å². The molecule has 4 rings (SSSR count). The molecule has 0 amide bonds. The van der Waals surface area contributed by atoms with Gasteiger partial charge in [-0.15, -0.1) is 0 Å². The molecule has 4 aromatic rings. The van der Waals surface area contributed by atoms with Crippen molar-refractivity contribution in [1.29, 1.82) is 0 Å². The average Bonchev–Trinajstić information content (AvgIpc) is 3.17. The van der Waals surface area contributed by atoms with E-state index in [0.29, 0.717) is 6.42 Å². The van der Waals surface area contributed by atoms with Crippen LogP contribution in [0.2, 0.25) is 0 Å². The summed E-state index contributed by atoms with van der Waals surface area (Å²) in [5.74, 6) is -0.241. The quantitative estimate of drug-likeness (QED) is 0.610. The minimum atomic E-state index is -0.241. The maximum absolute atomic E-state index is 13.0. The topological polar surface area (TPSA) is 70.2 Å². The Kier molecular flexibility index (Phi) is 2.93. The van der Waals surface area contributed by atoms with Gasteiger partial charge in [0.1, 0.15) is 11.5 Å². The lowest BCUT2D eigenvalue weighted by molar-refractivity contribution is 0.627. The summed E-state index contributed by atoms with van der Waals surface area (Å²) in [5.41, 5.74) is 4.56. The second-order valence-corrected chi connectivity index (χ2v) is 5.09. The minimum Gasteiger partial charge on any atom is -0.278 e. The number of rotatable bonds is 3. The van der Waals surface area contributed by atoms with Crippen LogP contribution >= 0.6 is 0 Å². The van der Waals surface area contributed by atoms with Gasteiger partial charge in [0.15, 0.2) is 0 Å². The lowest BCUT2D eigenvalue weighted by Crippen LogP contribution is -1.92. The number of halogens is 1. The number of nitrogens with zero attached hydrogens (tertiary/aromatic N) is 3. The van der Waals surface area contributed by atoms with E-state index in [0.717, 1.165) is 33.4 Å². The Morgan fingerprint density at radius 2 is 1.86 bits per heavy atom. The van der Waals surface area contributed by atoms with Crippen molar-refractivity contribution in [2.24, 2.45) is 0 Å². The van der Waals surface area contributed by atoms with Gasteiger partial charge in [0.05, 0.1) is 17.4 Å². The van der Waals surface area contributed by atoms with Gasteiger partial charge in [-0.2, -0.15) is 20.5 Å². The molecule has 0 bridgehead atoms. The molecule has 0 saturated carbocycles. The predicted octanol–water partition coefficient (Wildman–Crippen LogP) is 3.08. The van der Waals surface area contributed by atoms with Gasteiger partial charge in [-0.25, -0.2) is 4.39 Å². The molecule has 0 radical (unpaired) electrons. The number of hydrogen-bond donors (Lipinski definition) is 2. The van der Waals surface area contributed by atoms with Crippen molar-refractivity contribution in [1.82, 2.24) is 25.6 Å². The molecule has 6 heteroatoms. The van der Waals surface area contributed by atoms with Crippen molar-refractivity contribution >= 4 is 10.9 Å². The molecule has 0 spiro atoms.